The van der Waals surface area contributed by atoms with Crippen LogP contribution in [0.4, 0.5) is 5.82 Å². The average Bonchev–Trinajstić information content (AvgIpc) is 2.57. The first kappa shape index (κ1) is 15.0. The Bertz CT molecular complexity index is 686. The molecular weight excluding hydrogens is 294 g/mol. The lowest BCUT2D eigenvalue weighted by Gasteiger charge is -2.22. The number of para-hydroxylation sites is 1. The molecule has 2 heterocycles. The minimum Gasteiger partial charge on any atom is -0.456 e. The standard InChI is InChI=1S/C17H17N3O3/c21-16-8-4-7-14(19-16)17(22)20-15-10-9-13(11-18-15)23-12-5-2-1-3-6-12/h1-3,5-6,9-11,14H,4,7-8H2,(H,19,21)(H,18,20,22)/t14-/m1/s1. The Morgan fingerprint density at radius 1 is 1.17 bits per heavy atom. The first-order chi connectivity index (χ1) is 11.2. The smallest absolute Gasteiger partial charge is 0.248 e. The molecule has 2 aromatic rings. The Hall–Kier alpha value is -2.89. The van der Waals surface area contributed by atoms with Crippen molar-refractivity contribution < 1.29 is 14.3 Å². The normalized spacial score (nSPS) is 17.2. The zero-order valence-electron chi connectivity index (χ0n) is 12.5. The van der Waals surface area contributed by atoms with Crippen molar-refractivity contribution in [2.75, 3.05) is 5.32 Å². The van der Waals surface area contributed by atoms with E-state index in [1.807, 2.05) is 30.3 Å². The first-order valence-electron chi connectivity index (χ1n) is 7.50. The molecule has 3 rings (SSSR count). The molecule has 2 amide bonds. The monoisotopic (exact) mass is 311 g/mol. The Morgan fingerprint density at radius 2 is 2.00 bits per heavy atom. The van der Waals surface area contributed by atoms with E-state index in [9.17, 15) is 9.59 Å². The lowest BCUT2D eigenvalue weighted by Crippen LogP contribution is -2.46. The summed E-state index contributed by atoms with van der Waals surface area (Å²) in [7, 11) is 0. The van der Waals surface area contributed by atoms with Gasteiger partial charge in [0, 0.05) is 6.42 Å². The van der Waals surface area contributed by atoms with Gasteiger partial charge in [0.2, 0.25) is 11.8 Å². The second-order valence-corrected chi connectivity index (χ2v) is 5.30. The van der Waals surface area contributed by atoms with Gasteiger partial charge in [-0.1, -0.05) is 18.2 Å². The van der Waals surface area contributed by atoms with Crippen LogP contribution in [0.3, 0.4) is 0 Å². The summed E-state index contributed by atoms with van der Waals surface area (Å²) in [6.07, 6.45) is 3.39. The maximum absolute atomic E-state index is 12.1. The Labute approximate surface area is 133 Å². The van der Waals surface area contributed by atoms with E-state index in [1.54, 1.807) is 18.3 Å². The Morgan fingerprint density at radius 3 is 2.70 bits per heavy atom. The van der Waals surface area contributed by atoms with Gasteiger partial charge >= 0.3 is 0 Å². The van der Waals surface area contributed by atoms with E-state index >= 15 is 0 Å². The molecule has 23 heavy (non-hydrogen) atoms. The van der Waals surface area contributed by atoms with Gasteiger partial charge in [-0.25, -0.2) is 4.98 Å². The van der Waals surface area contributed by atoms with Gasteiger partial charge in [-0.05, 0) is 37.1 Å². The van der Waals surface area contributed by atoms with Crippen molar-refractivity contribution in [1.29, 1.82) is 0 Å². The summed E-state index contributed by atoms with van der Waals surface area (Å²) in [6, 6.07) is 12.3. The van der Waals surface area contributed by atoms with Crippen LogP contribution in [0.5, 0.6) is 11.5 Å². The van der Waals surface area contributed by atoms with Crippen LogP contribution < -0.4 is 15.4 Å². The van der Waals surface area contributed by atoms with E-state index in [-0.39, 0.29) is 11.8 Å². The Kier molecular flexibility index (Phi) is 4.52. The molecule has 0 bridgehead atoms. The molecule has 0 aliphatic carbocycles. The number of ether oxygens (including phenoxy) is 1. The van der Waals surface area contributed by atoms with Crippen molar-refractivity contribution in [3.8, 4) is 11.5 Å². The number of carbonyl (C=O) groups excluding carboxylic acids is 2. The molecule has 6 nitrogen and oxygen atoms in total. The summed E-state index contributed by atoms with van der Waals surface area (Å²) in [4.78, 5) is 27.6. The first-order valence-corrected chi connectivity index (χ1v) is 7.50. The van der Waals surface area contributed by atoms with Crippen LogP contribution in [0.2, 0.25) is 0 Å². The van der Waals surface area contributed by atoms with Crippen LogP contribution in [0.15, 0.2) is 48.7 Å². The lowest BCUT2D eigenvalue weighted by atomic mass is 10.0. The average molecular weight is 311 g/mol. The molecule has 0 saturated carbocycles. The van der Waals surface area contributed by atoms with E-state index in [0.29, 0.717) is 24.4 Å². The number of nitrogens with one attached hydrogen (secondary N) is 2. The molecule has 1 atom stereocenters. The number of nitrogens with zero attached hydrogens (tertiary/aromatic N) is 1. The highest BCUT2D eigenvalue weighted by molar-refractivity contribution is 5.97. The fourth-order valence-electron chi connectivity index (χ4n) is 2.35. The van der Waals surface area contributed by atoms with Gasteiger partial charge < -0.3 is 15.4 Å². The van der Waals surface area contributed by atoms with Crippen molar-refractivity contribution in [1.82, 2.24) is 10.3 Å². The van der Waals surface area contributed by atoms with E-state index in [4.69, 9.17) is 4.74 Å². The van der Waals surface area contributed by atoms with Crippen LogP contribution in [0.1, 0.15) is 19.3 Å². The number of amides is 2. The van der Waals surface area contributed by atoms with Gasteiger partial charge in [-0.15, -0.1) is 0 Å². The van der Waals surface area contributed by atoms with Crippen LogP contribution >= 0.6 is 0 Å². The summed E-state index contributed by atoms with van der Waals surface area (Å²) < 4.78 is 5.64. The van der Waals surface area contributed by atoms with Crippen LogP contribution in [0.25, 0.3) is 0 Å². The number of piperidine rings is 1. The third-order valence-corrected chi connectivity index (χ3v) is 3.51. The van der Waals surface area contributed by atoms with Gasteiger partial charge in [0.05, 0.1) is 6.20 Å². The van der Waals surface area contributed by atoms with Crippen molar-refractivity contribution in [2.24, 2.45) is 0 Å². The van der Waals surface area contributed by atoms with Gasteiger partial charge in [-0.2, -0.15) is 0 Å². The molecule has 0 radical (unpaired) electrons. The maximum Gasteiger partial charge on any atom is 0.248 e. The second-order valence-electron chi connectivity index (χ2n) is 5.30. The molecular formula is C17H17N3O3. The van der Waals surface area contributed by atoms with Gasteiger partial charge in [0.1, 0.15) is 23.4 Å². The van der Waals surface area contributed by atoms with E-state index in [0.717, 1.165) is 12.2 Å². The molecule has 1 aromatic carbocycles. The van der Waals surface area contributed by atoms with Gasteiger partial charge in [-0.3, -0.25) is 9.59 Å². The molecule has 0 spiro atoms. The second kappa shape index (κ2) is 6.91. The fourth-order valence-corrected chi connectivity index (χ4v) is 2.35. The molecule has 1 fully saturated rings. The zero-order chi connectivity index (χ0) is 16.1. The zero-order valence-corrected chi connectivity index (χ0v) is 12.5. The van der Waals surface area contributed by atoms with Crippen LogP contribution in [-0.4, -0.2) is 22.8 Å². The van der Waals surface area contributed by atoms with Crippen molar-refractivity contribution >= 4 is 17.6 Å². The topological polar surface area (TPSA) is 80.3 Å². The Balaban J connectivity index is 1.59. The maximum atomic E-state index is 12.1. The summed E-state index contributed by atoms with van der Waals surface area (Å²) in [5, 5.41) is 5.38. The lowest BCUT2D eigenvalue weighted by molar-refractivity contribution is -0.128. The van der Waals surface area contributed by atoms with E-state index < -0.39 is 6.04 Å². The number of anilines is 1. The number of hydrogen-bond acceptors (Lipinski definition) is 4. The molecule has 2 N–H and O–H groups in total. The molecule has 118 valence electrons. The molecule has 0 unspecified atom stereocenters. The molecule has 1 aliphatic heterocycles. The SMILES string of the molecule is O=C1CCC[C@H](C(=O)Nc2ccc(Oc3ccccc3)cn2)N1. The summed E-state index contributed by atoms with van der Waals surface area (Å²) in [6.45, 7) is 0. The largest absolute Gasteiger partial charge is 0.456 e. The number of benzene rings is 1. The predicted molar refractivity (Wildman–Crippen MR) is 85.2 cm³/mol. The third-order valence-electron chi connectivity index (χ3n) is 3.51. The minimum atomic E-state index is -0.488. The van der Waals surface area contributed by atoms with E-state index in [2.05, 4.69) is 15.6 Å². The molecule has 1 saturated heterocycles. The number of aromatic nitrogens is 1. The molecule has 1 aliphatic rings. The highest BCUT2D eigenvalue weighted by Gasteiger charge is 2.24. The number of rotatable bonds is 4. The molecule has 1 aromatic heterocycles. The summed E-state index contributed by atoms with van der Waals surface area (Å²) in [5.74, 6) is 1.39. The summed E-state index contributed by atoms with van der Waals surface area (Å²) in [5.41, 5.74) is 0. The van der Waals surface area contributed by atoms with Crippen molar-refractivity contribution in [3.63, 3.8) is 0 Å². The van der Waals surface area contributed by atoms with Crippen LogP contribution in [0, 0.1) is 0 Å². The van der Waals surface area contributed by atoms with Crippen molar-refractivity contribution in [2.45, 2.75) is 25.3 Å². The van der Waals surface area contributed by atoms with E-state index in [1.165, 1.54) is 0 Å². The number of pyridine rings is 1. The van der Waals surface area contributed by atoms with Crippen molar-refractivity contribution in [3.05, 3.63) is 48.7 Å². The fraction of sp³-hybridized carbons (Fsp3) is 0.235. The van der Waals surface area contributed by atoms with Gasteiger partial charge in [0.15, 0.2) is 0 Å². The minimum absolute atomic E-state index is 0.0871. The number of hydrogen-bond donors (Lipinski definition) is 2. The quantitative estimate of drug-likeness (QED) is 0.909. The predicted octanol–water partition coefficient (Wildman–Crippen LogP) is 2.48. The van der Waals surface area contributed by atoms with Crippen LogP contribution in [-0.2, 0) is 9.59 Å². The molecule has 6 heteroatoms. The highest BCUT2D eigenvalue weighted by Crippen LogP contribution is 2.21. The number of carbonyl (C=O) groups is 2. The summed E-state index contributed by atoms with van der Waals surface area (Å²) >= 11 is 0. The highest BCUT2D eigenvalue weighted by atomic mass is 16.5. The third kappa shape index (κ3) is 4.06. The van der Waals surface area contributed by atoms with Gasteiger partial charge in [0.25, 0.3) is 0 Å².